The molecule has 1 heterocycles. The maximum atomic E-state index is 12.0. The molecule has 0 aliphatic carbocycles. The van der Waals surface area contributed by atoms with Crippen molar-refractivity contribution in [2.75, 3.05) is 6.61 Å². The third-order valence-electron chi connectivity index (χ3n) is 3.37. The summed E-state index contributed by atoms with van der Waals surface area (Å²) in [5.41, 5.74) is 1.92. The largest absolute Gasteiger partial charge is 0.494 e. The number of nitrogens with zero attached hydrogens (tertiary/aromatic N) is 1. The summed E-state index contributed by atoms with van der Waals surface area (Å²) in [6, 6.07) is 15.0. The van der Waals surface area contributed by atoms with Gasteiger partial charge >= 0.3 is 5.97 Å². The van der Waals surface area contributed by atoms with Gasteiger partial charge in [0.05, 0.1) is 6.61 Å². The van der Waals surface area contributed by atoms with Crippen LogP contribution in [0.25, 0.3) is 6.08 Å². The van der Waals surface area contributed by atoms with Crippen LogP contribution < -0.4 is 4.74 Å². The fourth-order valence-electron chi connectivity index (χ4n) is 2.16. The van der Waals surface area contributed by atoms with E-state index in [0.717, 1.165) is 27.8 Å². The number of halogens is 1. The molecule has 0 spiro atoms. The Morgan fingerprint density at radius 3 is 2.50 bits per heavy atom. The number of hydrogen-bond acceptors (Lipinski definition) is 4. The first kappa shape index (κ1) is 16.5. The van der Waals surface area contributed by atoms with Gasteiger partial charge in [-0.05, 0) is 54.5 Å². The van der Waals surface area contributed by atoms with Gasteiger partial charge in [-0.25, -0.2) is 9.79 Å². The number of rotatable bonds is 5. The Kier molecular flexibility index (Phi) is 5.11. The summed E-state index contributed by atoms with van der Waals surface area (Å²) in [5.74, 6) is 0.688. The number of ether oxygens (including phenoxy) is 2. The zero-order valence-corrected chi connectivity index (χ0v) is 14.7. The minimum Gasteiger partial charge on any atom is -0.494 e. The molecule has 0 radical (unpaired) electrons. The lowest BCUT2D eigenvalue weighted by Gasteiger charge is -2.04. The summed E-state index contributed by atoms with van der Waals surface area (Å²) in [4.78, 5) is 16.3. The van der Waals surface area contributed by atoms with Crippen molar-refractivity contribution in [1.29, 1.82) is 0 Å². The molecule has 0 amide bonds. The average molecular weight is 386 g/mol. The number of carbonyl (C=O) groups excluding carboxylic acids is 1. The quantitative estimate of drug-likeness (QED) is 0.558. The van der Waals surface area contributed by atoms with Gasteiger partial charge in [0.15, 0.2) is 5.70 Å². The minimum atomic E-state index is -0.445. The van der Waals surface area contributed by atoms with Crippen LogP contribution in [-0.2, 0) is 9.53 Å². The van der Waals surface area contributed by atoms with Crippen molar-refractivity contribution in [3.05, 3.63) is 69.8 Å². The highest BCUT2D eigenvalue weighted by Gasteiger charge is 2.23. The third-order valence-corrected chi connectivity index (χ3v) is 3.90. The zero-order valence-electron chi connectivity index (χ0n) is 13.2. The number of hydrogen-bond donors (Lipinski definition) is 0. The van der Waals surface area contributed by atoms with Crippen LogP contribution in [0.2, 0.25) is 0 Å². The lowest BCUT2D eigenvalue weighted by Crippen LogP contribution is -2.05. The van der Waals surface area contributed by atoms with Crippen molar-refractivity contribution in [3.63, 3.8) is 0 Å². The van der Waals surface area contributed by atoms with Gasteiger partial charge in [0, 0.05) is 10.0 Å². The molecule has 0 unspecified atom stereocenters. The molecule has 0 aromatic heterocycles. The molecule has 3 rings (SSSR count). The van der Waals surface area contributed by atoms with Crippen molar-refractivity contribution in [2.24, 2.45) is 4.99 Å². The number of aliphatic imine (C=N–C) groups is 1. The van der Waals surface area contributed by atoms with Crippen LogP contribution in [0.3, 0.4) is 0 Å². The summed E-state index contributed by atoms with van der Waals surface area (Å²) in [7, 11) is 0. The number of esters is 1. The van der Waals surface area contributed by atoms with Gasteiger partial charge < -0.3 is 9.47 Å². The predicted octanol–water partition coefficient (Wildman–Crippen LogP) is 4.58. The monoisotopic (exact) mass is 385 g/mol. The maximum absolute atomic E-state index is 12.0. The SMILES string of the molecule is CCCOc1ccc(/C=C2\N=C(c3ccc(Br)cc3)OC2=O)cc1. The molecule has 24 heavy (non-hydrogen) atoms. The first-order chi connectivity index (χ1) is 11.7. The smallest absolute Gasteiger partial charge is 0.363 e. The Balaban J connectivity index is 1.79. The topological polar surface area (TPSA) is 47.9 Å². The highest BCUT2D eigenvalue weighted by molar-refractivity contribution is 9.10. The van der Waals surface area contributed by atoms with Gasteiger partial charge in [0.1, 0.15) is 5.75 Å². The molecule has 2 aromatic carbocycles. The van der Waals surface area contributed by atoms with Crippen LogP contribution in [0.1, 0.15) is 24.5 Å². The normalized spacial score (nSPS) is 15.3. The highest BCUT2D eigenvalue weighted by Crippen LogP contribution is 2.21. The number of benzene rings is 2. The summed E-state index contributed by atoms with van der Waals surface area (Å²) in [6.45, 7) is 2.75. The molecule has 1 aliphatic rings. The lowest BCUT2D eigenvalue weighted by atomic mass is 10.2. The van der Waals surface area contributed by atoms with Gasteiger partial charge in [-0.1, -0.05) is 35.0 Å². The van der Waals surface area contributed by atoms with Crippen LogP contribution >= 0.6 is 15.9 Å². The van der Waals surface area contributed by atoms with E-state index < -0.39 is 5.97 Å². The minimum absolute atomic E-state index is 0.287. The lowest BCUT2D eigenvalue weighted by molar-refractivity contribution is -0.129. The van der Waals surface area contributed by atoms with E-state index >= 15 is 0 Å². The van der Waals surface area contributed by atoms with Crippen LogP contribution in [0.4, 0.5) is 0 Å². The second-order valence-electron chi connectivity index (χ2n) is 5.26. The number of cyclic esters (lactones) is 1. The standard InChI is InChI=1S/C19H16BrNO3/c1-2-11-23-16-9-3-13(4-10-16)12-17-19(22)24-18(21-17)14-5-7-15(20)8-6-14/h3-10,12H,2,11H2,1H3/b17-12-. The molecule has 0 atom stereocenters. The van der Waals surface area contributed by atoms with E-state index in [4.69, 9.17) is 9.47 Å². The molecule has 0 bridgehead atoms. The molecule has 1 aliphatic heterocycles. The highest BCUT2D eigenvalue weighted by atomic mass is 79.9. The van der Waals surface area contributed by atoms with Gasteiger partial charge in [-0.2, -0.15) is 0 Å². The molecule has 0 saturated heterocycles. The van der Waals surface area contributed by atoms with Gasteiger partial charge in [-0.3, -0.25) is 0 Å². The van der Waals surface area contributed by atoms with Crippen molar-refractivity contribution in [3.8, 4) is 5.75 Å². The Labute approximate surface area is 148 Å². The second-order valence-corrected chi connectivity index (χ2v) is 6.18. The van der Waals surface area contributed by atoms with E-state index in [1.807, 2.05) is 48.5 Å². The van der Waals surface area contributed by atoms with Crippen LogP contribution in [0.5, 0.6) is 5.75 Å². The molecule has 0 saturated carbocycles. The second kappa shape index (κ2) is 7.45. The first-order valence-corrected chi connectivity index (χ1v) is 8.46. The van der Waals surface area contributed by atoms with Crippen molar-refractivity contribution in [2.45, 2.75) is 13.3 Å². The van der Waals surface area contributed by atoms with Crippen LogP contribution in [0.15, 0.2) is 63.7 Å². The molecule has 2 aromatic rings. The Hall–Kier alpha value is -2.40. The molecular formula is C19H16BrNO3. The van der Waals surface area contributed by atoms with Gasteiger partial charge in [0.2, 0.25) is 5.90 Å². The fourth-order valence-corrected chi connectivity index (χ4v) is 2.43. The Bertz CT molecular complexity index is 792. The zero-order chi connectivity index (χ0) is 16.9. The van der Waals surface area contributed by atoms with Crippen LogP contribution in [-0.4, -0.2) is 18.5 Å². The molecule has 0 N–H and O–H groups in total. The average Bonchev–Trinajstić information content (AvgIpc) is 2.95. The van der Waals surface area contributed by atoms with Gasteiger partial charge in [0.25, 0.3) is 0 Å². The van der Waals surface area contributed by atoms with E-state index in [-0.39, 0.29) is 5.70 Å². The Morgan fingerprint density at radius 2 is 1.83 bits per heavy atom. The third kappa shape index (κ3) is 3.92. The fraction of sp³-hybridized carbons (Fsp3) is 0.158. The molecular weight excluding hydrogens is 370 g/mol. The molecule has 0 fully saturated rings. The summed E-state index contributed by atoms with van der Waals surface area (Å²) >= 11 is 3.37. The van der Waals surface area contributed by atoms with E-state index in [1.54, 1.807) is 6.08 Å². The van der Waals surface area contributed by atoms with E-state index in [1.165, 1.54) is 0 Å². The van der Waals surface area contributed by atoms with E-state index in [0.29, 0.717) is 12.5 Å². The summed E-state index contributed by atoms with van der Waals surface area (Å²) in [5, 5.41) is 0. The van der Waals surface area contributed by atoms with E-state index in [9.17, 15) is 4.79 Å². The van der Waals surface area contributed by atoms with E-state index in [2.05, 4.69) is 27.8 Å². The van der Waals surface area contributed by atoms with Crippen molar-refractivity contribution in [1.82, 2.24) is 0 Å². The first-order valence-electron chi connectivity index (χ1n) is 7.67. The van der Waals surface area contributed by atoms with Crippen molar-refractivity contribution < 1.29 is 14.3 Å². The molecule has 5 heteroatoms. The number of carbonyl (C=O) groups is 1. The van der Waals surface area contributed by atoms with Gasteiger partial charge in [-0.15, -0.1) is 0 Å². The van der Waals surface area contributed by atoms with Crippen molar-refractivity contribution >= 4 is 33.9 Å². The summed E-state index contributed by atoms with van der Waals surface area (Å²) in [6.07, 6.45) is 2.67. The molecule has 122 valence electrons. The summed E-state index contributed by atoms with van der Waals surface area (Å²) < 4.78 is 11.7. The van der Waals surface area contributed by atoms with Crippen LogP contribution in [0, 0.1) is 0 Å². The Morgan fingerprint density at radius 1 is 1.12 bits per heavy atom. The predicted molar refractivity (Wildman–Crippen MR) is 97.0 cm³/mol. The maximum Gasteiger partial charge on any atom is 0.363 e. The molecule has 4 nitrogen and oxygen atoms in total.